The summed E-state index contributed by atoms with van der Waals surface area (Å²) in [6.07, 6.45) is 0.254. The third-order valence-corrected chi connectivity index (χ3v) is 4.23. The van der Waals surface area contributed by atoms with Gasteiger partial charge in [0.25, 0.3) is 0 Å². The van der Waals surface area contributed by atoms with E-state index in [2.05, 4.69) is 10.6 Å². The van der Waals surface area contributed by atoms with Crippen LogP contribution in [0.1, 0.15) is 23.6 Å². The van der Waals surface area contributed by atoms with Gasteiger partial charge < -0.3 is 16.4 Å². The van der Waals surface area contributed by atoms with Gasteiger partial charge in [-0.1, -0.05) is 24.3 Å². The van der Waals surface area contributed by atoms with Gasteiger partial charge in [-0.05, 0) is 35.4 Å². The summed E-state index contributed by atoms with van der Waals surface area (Å²) in [5, 5.41) is 13.9. The van der Waals surface area contributed by atoms with E-state index in [0.29, 0.717) is 16.7 Å². The summed E-state index contributed by atoms with van der Waals surface area (Å²) in [6.45, 7) is 1.27. The van der Waals surface area contributed by atoms with Crippen molar-refractivity contribution in [1.82, 2.24) is 10.6 Å². The first-order valence-electron chi connectivity index (χ1n) is 8.88. The van der Waals surface area contributed by atoms with Crippen molar-refractivity contribution in [3.8, 4) is 6.07 Å². The average molecular weight is 396 g/mol. The molecule has 0 fully saturated rings. The number of nitrogens with two attached hydrogens (primary N) is 1. The molecule has 2 aromatic rings. The molecule has 0 bridgehead atoms. The van der Waals surface area contributed by atoms with Crippen LogP contribution in [-0.2, 0) is 27.2 Å². The molecular formula is C21H21FN4O3. The highest BCUT2D eigenvalue weighted by Gasteiger charge is 2.25. The Balaban J connectivity index is 2.12. The lowest BCUT2D eigenvalue weighted by molar-refractivity contribution is -0.130. The maximum Gasteiger partial charge on any atom is 0.243 e. The number of benzene rings is 2. The largest absolute Gasteiger partial charge is 0.368 e. The Kier molecular flexibility index (Phi) is 7.43. The fraction of sp³-hybridized carbons (Fsp3) is 0.238. The lowest BCUT2D eigenvalue weighted by Gasteiger charge is -2.22. The molecule has 0 saturated heterocycles. The van der Waals surface area contributed by atoms with Gasteiger partial charge in [0, 0.05) is 19.8 Å². The Bertz CT molecular complexity index is 920. The van der Waals surface area contributed by atoms with Crippen LogP contribution >= 0.6 is 0 Å². The second kappa shape index (κ2) is 9.99. The molecule has 3 amide bonds. The van der Waals surface area contributed by atoms with Gasteiger partial charge in [-0.25, -0.2) is 4.39 Å². The zero-order valence-electron chi connectivity index (χ0n) is 15.8. The van der Waals surface area contributed by atoms with Crippen molar-refractivity contribution in [3.05, 3.63) is 71.0 Å². The van der Waals surface area contributed by atoms with Gasteiger partial charge in [0.05, 0.1) is 11.6 Å². The van der Waals surface area contributed by atoms with Crippen LogP contribution in [0, 0.1) is 17.1 Å². The highest BCUT2D eigenvalue weighted by Crippen LogP contribution is 2.09. The summed E-state index contributed by atoms with van der Waals surface area (Å²) < 4.78 is 13.1. The fourth-order valence-corrected chi connectivity index (χ4v) is 2.76. The molecule has 0 heterocycles. The highest BCUT2D eigenvalue weighted by atomic mass is 19.1. The third kappa shape index (κ3) is 6.74. The molecule has 8 heteroatoms. The topological polar surface area (TPSA) is 125 Å². The van der Waals surface area contributed by atoms with E-state index in [1.54, 1.807) is 24.3 Å². The van der Waals surface area contributed by atoms with Crippen LogP contribution in [0.2, 0.25) is 0 Å². The molecule has 4 N–H and O–H groups in total. The molecule has 0 radical (unpaired) electrons. The summed E-state index contributed by atoms with van der Waals surface area (Å²) in [4.78, 5) is 36.0. The maximum atomic E-state index is 13.1. The number of primary amides is 1. The molecule has 2 atom stereocenters. The van der Waals surface area contributed by atoms with Crippen molar-refractivity contribution < 1.29 is 18.8 Å². The Labute approximate surface area is 167 Å². The van der Waals surface area contributed by atoms with Crippen molar-refractivity contribution in [2.24, 2.45) is 5.73 Å². The number of nitriles is 1. The lowest BCUT2D eigenvalue weighted by atomic mass is 10.0. The summed E-state index contributed by atoms with van der Waals surface area (Å²) in [5.41, 5.74) is 7.25. The van der Waals surface area contributed by atoms with E-state index in [9.17, 15) is 18.8 Å². The molecule has 0 aliphatic heterocycles. The Morgan fingerprint density at radius 3 is 1.97 bits per heavy atom. The Morgan fingerprint density at radius 1 is 0.966 bits per heavy atom. The molecule has 0 unspecified atom stereocenters. The van der Waals surface area contributed by atoms with Crippen LogP contribution in [0.3, 0.4) is 0 Å². The number of hydrogen-bond donors (Lipinski definition) is 3. The number of hydrogen-bond acceptors (Lipinski definition) is 4. The van der Waals surface area contributed by atoms with Crippen LogP contribution in [0.4, 0.5) is 4.39 Å². The van der Waals surface area contributed by atoms with Gasteiger partial charge in [-0.3, -0.25) is 14.4 Å². The molecule has 0 spiro atoms. The zero-order chi connectivity index (χ0) is 21.4. The number of carbonyl (C=O) groups excluding carboxylic acids is 3. The normalized spacial score (nSPS) is 12.3. The summed E-state index contributed by atoms with van der Waals surface area (Å²) >= 11 is 0. The molecule has 2 aromatic carbocycles. The second-order valence-electron chi connectivity index (χ2n) is 6.56. The molecule has 7 nitrogen and oxygen atoms in total. The number of rotatable bonds is 8. The van der Waals surface area contributed by atoms with Crippen LogP contribution < -0.4 is 16.4 Å². The monoisotopic (exact) mass is 396 g/mol. The predicted octanol–water partition coefficient (Wildman–Crippen LogP) is 0.957. The van der Waals surface area contributed by atoms with Gasteiger partial charge in [-0.15, -0.1) is 0 Å². The second-order valence-corrected chi connectivity index (χ2v) is 6.56. The van der Waals surface area contributed by atoms with Crippen molar-refractivity contribution in [1.29, 1.82) is 5.26 Å². The van der Waals surface area contributed by atoms with Gasteiger partial charge in [0.15, 0.2) is 0 Å². The van der Waals surface area contributed by atoms with Crippen LogP contribution in [0.25, 0.3) is 0 Å². The molecule has 29 heavy (non-hydrogen) atoms. The van der Waals surface area contributed by atoms with E-state index < -0.39 is 35.6 Å². The number of halogens is 1. The molecular weight excluding hydrogens is 375 g/mol. The van der Waals surface area contributed by atoms with E-state index in [1.165, 1.54) is 31.2 Å². The molecule has 150 valence electrons. The van der Waals surface area contributed by atoms with Crippen molar-refractivity contribution >= 4 is 17.7 Å². The lowest BCUT2D eigenvalue weighted by Crippen LogP contribution is -2.54. The van der Waals surface area contributed by atoms with E-state index in [1.807, 2.05) is 6.07 Å². The first-order valence-corrected chi connectivity index (χ1v) is 8.88. The fourth-order valence-electron chi connectivity index (χ4n) is 2.76. The number of carbonyl (C=O) groups is 3. The minimum atomic E-state index is -1.00. The molecule has 2 rings (SSSR count). The summed E-state index contributed by atoms with van der Waals surface area (Å²) in [6, 6.07) is 12.1. The Hall–Kier alpha value is -3.73. The predicted molar refractivity (Wildman–Crippen MR) is 104 cm³/mol. The van der Waals surface area contributed by atoms with Gasteiger partial charge >= 0.3 is 0 Å². The smallest absolute Gasteiger partial charge is 0.243 e. The van der Waals surface area contributed by atoms with Gasteiger partial charge in [0.2, 0.25) is 17.7 Å². The minimum Gasteiger partial charge on any atom is -0.368 e. The quantitative estimate of drug-likeness (QED) is 0.614. The van der Waals surface area contributed by atoms with Crippen molar-refractivity contribution in [3.63, 3.8) is 0 Å². The van der Waals surface area contributed by atoms with Crippen LogP contribution in [0.5, 0.6) is 0 Å². The molecule has 0 aromatic heterocycles. The molecule has 0 saturated carbocycles. The summed E-state index contributed by atoms with van der Waals surface area (Å²) in [7, 11) is 0. The highest BCUT2D eigenvalue weighted by molar-refractivity contribution is 5.91. The number of amides is 3. The third-order valence-electron chi connectivity index (χ3n) is 4.23. The standard InChI is InChI=1S/C21H21FN4O3/c1-13(27)25-19(11-15-6-8-17(22)9-7-15)21(29)26-18(20(24)28)10-14-2-4-16(12-23)5-3-14/h2-9,18-19H,10-11H2,1H3,(H2,24,28)(H,25,27)(H,26,29)/t18-,19+/m0/s1. The molecule has 0 aliphatic carbocycles. The van der Waals surface area contributed by atoms with Gasteiger partial charge in [0.1, 0.15) is 17.9 Å². The molecule has 0 aliphatic rings. The Morgan fingerprint density at radius 2 is 1.48 bits per heavy atom. The number of nitrogens with zero attached hydrogens (tertiary/aromatic N) is 1. The van der Waals surface area contributed by atoms with Crippen molar-refractivity contribution in [2.75, 3.05) is 0 Å². The van der Waals surface area contributed by atoms with Crippen LogP contribution in [-0.4, -0.2) is 29.8 Å². The maximum absolute atomic E-state index is 13.1. The SMILES string of the molecule is CC(=O)N[C@H](Cc1ccc(F)cc1)C(=O)N[C@@H](Cc1ccc(C#N)cc1)C(N)=O. The van der Waals surface area contributed by atoms with Crippen LogP contribution in [0.15, 0.2) is 48.5 Å². The number of nitrogens with one attached hydrogen (secondary N) is 2. The van der Waals surface area contributed by atoms with E-state index in [-0.39, 0.29) is 12.8 Å². The summed E-state index contributed by atoms with van der Waals surface area (Å²) in [5.74, 6) is -2.14. The van der Waals surface area contributed by atoms with E-state index in [0.717, 1.165) is 0 Å². The minimum absolute atomic E-state index is 0.119. The first-order chi connectivity index (χ1) is 13.8. The van der Waals surface area contributed by atoms with E-state index >= 15 is 0 Å². The zero-order valence-corrected chi connectivity index (χ0v) is 15.8. The van der Waals surface area contributed by atoms with Crippen molar-refractivity contribution in [2.45, 2.75) is 31.8 Å². The van der Waals surface area contributed by atoms with Gasteiger partial charge in [-0.2, -0.15) is 5.26 Å². The van der Waals surface area contributed by atoms with E-state index in [4.69, 9.17) is 11.0 Å². The first kappa shape index (κ1) is 21.6. The average Bonchev–Trinajstić information content (AvgIpc) is 2.68.